The maximum absolute atomic E-state index is 13.4. The summed E-state index contributed by atoms with van der Waals surface area (Å²) in [5, 5.41) is 0. The molecule has 4 nitrogen and oxygen atoms in total. The first-order valence-electron chi connectivity index (χ1n) is 7.95. The molecule has 1 fully saturated rings. The van der Waals surface area contributed by atoms with Gasteiger partial charge in [-0.3, -0.25) is 0 Å². The van der Waals surface area contributed by atoms with Gasteiger partial charge in [0.15, 0.2) is 0 Å². The van der Waals surface area contributed by atoms with Crippen molar-refractivity contribution in [2.24, 2.45) is 0 Å². The fourth-order valence-electron chi connectivity index (χ4n) is 2.81. The van der Waals surface area contributed by atoms with E-state index in [1.165, 1.54) is 22.5 Å². The van der Waals surface area contributed by atoms with Crippen molar-refractivity contribution in [3.63, 3.8) is 0 Å². The number of sulfonamides is 1. The number of halogens is 1. The zero-order chi connectivity index (χ0) is 17.2. The number of benzene rings is 2. The Balaban J connectivity index is 1.66. The zero-order valence-corrected chi connectivity index (χ0v) is 14.3. The highest BCUT2D eigenvalue weighted by Crippen LogP contribution is 2.24. The predicted molar refractivity (Wildman–Crippen MR) is 90.0 cm³/mol. The highest BCUT2D eigenvalue weighted by molar-refractivity contribution is 7.89. The van der Waals surface area contributed by atoms with Crippen molar-refractivity contribution in [3.8, 4) is 5.75 Å². The van der Waals surface area contributed by atoms with E-state index in [-0.39, 0.29) is 11.0 Å². The van der Waals surface area contributed by atoms with Gasteiger partial charge in [-0.1, -0.05) is 18.2 Å². The minimum Gasteiger partial charge on any atom is -0.490 e. The van der Waals surface area contributed by atoms with Crippen LogP contribution < -0.4 is 4.74 Å². The number of ether oxygens (including phenoxy) is 1. The maximum Gasteiger partial charge on any atom is 0.243 e. The number of para-hydroxylation sites is 1. The van der Waals surface area contributed by atoms with E-state index >= 15 is 0 Å². The van der Waals surface area contributed by atoms with Crippen LogP contribution >= 0.6 is 0 Å². The summed E-state index contributed by atoms with van der Waals surface area (Å²) in [6.07, 6.45) is 1.27. The Hall–Kier alpha value is -1.92. The molecule has 0 saturated carbocycles. The molecular weight excluding hydrogens is 329 g/mol. The van der Waals surface area contributed by atoms with E-state index in [0.717, 1.165) is 5.75 Å². The number of rotatable bonds is 4. The van der Waals surface area contributed by atoms with Crippen LogP contribution in [0.2, 0.25) is 0 Å². The van der Waals surface area contributed by atoms with Gasteiger partial charge in [0, 0.05) is 13.1 Å². The van der Waals surface area contributed by atoms with Crippen LogP contribution in [-0.4, -0.2) is 31.9 Å². The number of nitrogens with zero attached hydrogens (tertiary/aromatic N) is 1. The van der Waals surface area contributed by atoms with E-state index in [2.05, 4.69) is 0 Å². The average molecular weight is 349 g/mol. The number of aryl methyl sites for hydroxylation is 1. The summed E-state index contributed by atoms with van der Waals surface area (Å²) in [6.45, 7) is 2.36. The van der Waals surface area contributed by atoms with E-state index in [9.17, 15) is 12.8 Å². The van der Waals surface area contributed by atoms with Crippen molar-refractivity contribution < 1.29 is 17.5 Å². The Bertz CT molecular complexity index is 800. The maximum atomic E-state index is 13.4. The SMILES string of the molecule is Cc1cc(S(=O)(=O)N2CCC(Oc3ccccc3)CC2)ccc1F. The normalized spacial score (nSPS) is 16.9. The Morgan fingerprint density at radius 3 is 2.38 bits per heavy atom. The largest absolute Gasteiger partial charge is 0.490 e. The molecule has 0 aliphatic carbocycles. The van der Waals surface area contributed by atoms with Gasteiger partial charge in [0.2, 0.25) is 10.0 Å². The number of piperidine rings is 1. The molecule has 0 unspecified atom stereocenters. The first-order chi connectivity index (χ1) is 11.5. The molecule has 1 aliphatic heterocycles. The molecule has 24 heavy (non-hydrogen) atoms. The molecule has 0 radical (unpaired) electrons. The van der Waals surface area contributed by atoms with Crippen LogP contribution in [0.1, 0.15) is 18.4 Å². The first kappa shape index (κ1) is 16.9. The minimum atomic E-state index is -3.59. The Kier molecular flexibility index (Phi) is 4.87. The van der Waals surface area contributed by atoms with Gasteiger partial charge in [-0.05, 0) is 55.7 Å². The third kappa shape index (κ3) is 3.60. The summed E-state index contributed by atoms with van der Waals surface area (Å²) in [6, 6.07) is 13.4. The lowest BCUT2D eigenvalue weighted by Crippen LogP contribution is -2.41. The van der Waals surface area contributed by atoms with Crippen molar-refractivity contribution in [2.45, 2.75) is 30.8 Å². The zero-order valence-electron chi connectivity index (χ0n) is 13.5. The molecular formula is C18H20FNO3S. The van der Waals surface area contributed by atoms with Crippen LogP contribution in [-0.2, 0) is 10.0 Å². The van der Waals surface area contributed by atoms with E-state index in [0.29, 0.717) is 31.5 Å². The summed E-state index contributed by atoms with van der Waals surface area (Å²) < 4.78 is 46.1. The highest BCUT2D eigenvalue weighted by atomic mass is 32.2. The molecule has 0 bridgehead atoms. The third-order valence-electron chi connectivity index (χ3n) is 4.21. The van der Waals surface area contributed by atoms with Crippen LogP contribution in [0, 0.1) is 12.7 Å². The van der Waals surface area contributed by atoms with E-state index < -0.39 is 15.8 Å². The summed E-state index contributed by atoms with van der Waals surface area (Å²) in [7, 11) is -3.59. The first-order valence-corrected chi connectivity index (χ1v) is 9.39. The lowest BCUT2D eigenvalue weighted by Gasteiger charge is -2.31. The van der Waals surface area contributed by atoms with E-state index in [1.54, 1.807) is 6.92 Å². The van der Waals surface area contributed by atoms with Gasteiger partial charge in [0.05, 0.1) is 4.90 Å². The van der Waals surface area contributed by atoms with Crippen molar-refractivity contribution in [2.75, 3.05) is 13.1 Å². The van der Waals surface area contributed by atoms with E-state index in [4.69, 9.17) is 4.74 Å². The number of hydrogen-bond donors (Lipinski definition) is 0. The molecule has 1 heterocycles. The van der Waals surface area contributed by atoms with Crippen molar-refractivity contribution in [1.29, 1.82) is 0 Å². The van der Waals surface area contributed by atoms with Gasteiger partial charge >= 0.3 is 0 Å². The highest BCUT2D eigenvalue weighted by Gasteiger charge is 2.30. The molecule has 0 aromatic heterocycles. The molecule has 2 aromatic carbocycles. The molecule has 2 aromatic rings. The molecule has 0 atom stereocenters. The lowest BCUT2D eigenvalue weighted by atomic mass is 10.1. The molecule has 1 aliphatic rings. The van der Waals surface area contributed by atoms with Crippen molar-refractivity contribution in [3.05, 3.63) is 59.9 Å². The number of hydrogen-bond acceptors (Lipinski definition) is 3. The van der Waals surface area contributed by atoms with Gasteiger partial charge in [-0.2, -0.15) is 4.31 Å². The standard InChI is InChI=1S/C18H20FNO3S/c1-14-13-17(7-8-18(14)19)24(21,22)20-11-9-16(10-12-20)23-15-5-3-2-4-6-15/h2-8,13,16H,9-12H2,1H3. The molecule has 3 rings (SSSR count). The third-order valence-corrected chi connectivity index (χ3v) is 6.11. The van der Waals surface area contributed by atoms with E-state index in [1.807, 2.05) is 30.3 Å². The summed E-state index contributed by atoms with van der Waals surface area (Å²) in [5.41, 5.74) is 0.332. The monoisotopic (exact) mass is 349 g/mol. The Labute approximate surface area is 141 Å². The smallest absolute Gasteiger partial charge is 0.243 e. The van der Waals surface area contributed by atoms with Crippen LogP contribution in [0.3, 0.4) is 0 Å². The molecule has 1 saturated heterocycles. The summed E-state index contributed by atoms with van der Waals surface area (Å²) in [4.78, 5) is 0.142. The quantitative estimate of drug-likeness (QED) is 0.850. The van der Waals surface area contributed by atoms with Crippen molar-refractivity contribution in [1.82, 2.24) is 4.31 Å². The fraction of sp³-hybridized carbons (Fsp3) is 0.333. The van der Waals surface area contributed by atoms with Crippen LogP contribution in [0.25, 0.3) is 0 Å². The second-order valence-electron chi connectivity index (χ2n) is 5.95. The van der Waals surface area contributed by atoms with Crippen LogP contribution in [0.15, 0.2) is 53.4 Å². The summed E-state index contributed by atoms with van der Waals surface area (Å²) >= 11 is 0. The van der Waals surface area contributed by atoms with Gasteiger partial charge < -0.3 is 4.74 Å². The topological polar surface area (TPSA) is 46.6 Å². The lowest BCUT2D eigenvalue weighted by molar-refractivity contribution is 0.135. The minimum absolute atomic E-state index is 0.00815. The average Bonchev–Trinajstić information content (AvgIpc) is 2.58. The predicted octanol–water partition coefficient (Wildman–Crippen LogP) is 3.37. The van der Waals surface area contributed by atoms with Gasteiger partial charge in [0.1, 0.15) is 17.7 Å². The molecule has 128 valence electrons. The second kappa shape index (κ2) is 6.91. The van der Waals surface area contributed by atoms with Gasteiger partial charge in [-0.25, -0.2) is 12.8 Å². The molecule has 6 heteroatoms. The van der Waals surface area contributed by atoms with Crippen LogP contribution in [0.4, 0.5) is 4.39 Å². The van der Waals surface area contributed by atoms with Gasteiger partial charge in [0.25, 0.3) is 0 Å². The second-order valence-corrected chi connectivity index (χ2v) is 7.88. The fourth-order valence-corrected chi connectivity index (χ4v) is 4.36. The van der Waals surface area contributed by atoms with Crippen molar-refractivity contribution >= 4 is 10.0 Å². The van der Waals surface area contributed by atoms with Crippen LogP contribution in [0.5, 0.6) is 5.75 Å². The Morgan fingerprint density at radius 1 is 1.08 bits per heavy atom. The Morgan fingerprint density at radius 2 is 1.75 bits per heavy atom. The molecule has 0 spiro atoms. The molecule has 0 N–H and O–H groups in total. The molecule has 0 amide bonds. The van der Waals surface area contributed by atoms with Gasteiger partial charge in [-0.15, -0.1) is 0 Å². The summed E-state index contributed by atoms with van der Waals surface area (Å²) in [5.74, 6) is 0.400.